The zero-order valence-corrected chi connectivity index (χ0v) is 19.3. The summed E-state index contributed by atoms with van der Waals surface area (Å²) in [5.41, 5.74) is 4.11. The summed E-state index contributed by atoms with van der Waals surface area (Å²) in [6, 6.07) is 14.0. The van der Waals surface area contributed by atoms with Crippen molar-refractivity contribution in [2.45, 2.75) is 25.8 Å². The molecule has 1 aromatic carbocycles. The second kappa shape index (κ2) is 9.15. The highest BCUT2D eigenvalue weighted by molar-refractivity contribution is 5.88. The average molecular weight is 468 g/mol. The Bertz CT molecular complexity index is 1490. The Hall–Kier alpha value is -4.31. The molecule has 4 aromatic heterocycles. The van der Waals surface area contributed by atoms with E-state index in [9.17, 15) is 0 Å². The molecule has 0 radical (unpaired) electrons. The van der Waals surface area contributed by atoms with Gasteiger partial charge in [0.2, 0.25) is 0 Å². The lowest BCUT2D eigenvalue weighted by Crippen LogP contribution is -2.38. The summed E-state index contributed by atoms with van der Waals surface area (Å²) in [6.07, 6.45) is 7.18. The Morgan fingerprint density at radius 2 is 2.03 bits per heavy atom. The number of ether oxygens (including phenoxy) is 1. The third kappa shape index (κ3) is 4.56. The van der Waals surface area contributed by atoms with Crippen LogP contribution >= 0.6 is 0 Å². The molecule has 0 bridgehead atoms. The van der Waals surface area contributed by atoms with Crippen LogP contribution in [0.3, 0.4) is 0 Å². The summed E-state index contributed by atoms with van der Waals surface area (Å²) in [5.74, 6) is 2.95. The van der Waals surface area contributed by atoms with Crippen LogP contribution in [0.5, 0.6) is 11.5 Å². The van der Waals surface area contributed by atoms with Crippen molar-refractivity contribution in [1.29, 1.82) is 0 Å². The van der Waals surface area contributed by atoms with Crippen LogP contribution < -0.4 is 20.7 Å². The van der Waals surface area contributed by atoms with E-state index in [4.69, 9.17) is 9.72 Å². The predicted molar refractivity (Wildman–Crippen MR) is 134 cm³/mol. The molecule has 6 rings (SSSR count). The molecule has 35 heavy (non-hydrogen) atoms. The number of nitrogens with zero attached hydrogens (tertiary/aromatic N) is 6. The van der Waals surface area contributed by atoms with Gasteiger partial charge in [0.15, 0.2) is 11.5 Å². The SMILES string of the molecule is Cc1cc(Nc2ncnc3ccc(NC4CCCNC4)nc23)ccc1Oc1ccn2ncnc2c1. The number of hydrogen-bond donors (Lipinski definition) is 3. The summed E-state index contributed by atoms with van der Waals surface area (Å²) < 4.78 is 7.78. The van der Waals surface area contributed by atoms with Crippen molar-refractivity contribution in [2.75, 3.05) is 23.7 Å². The maximum atomic E-state index is 6.09. The van der Waals surface area contributed by atoms with Gasteiger partial charge >= 0.3 is 0 Å². The van der Waals surface area contributed by atoms with Gasteiger partial charge in [-0.3, -0.25) is 0 Å². The Kier molecular flexibility index (Phi) is 5.55. The van der Waals surface area contributed by atoms with Crippen LogP contribution in [0.1, 0.15) is 18.4 Å². The maximum absolute atomic E-state index is 6.09. The molecule has 0 saturated carbocycles. The van der Waals surface area contributed by atoms with Gasteiger partial charge in [0.25, 0.3) is 0 Å². The highest BCUT2D eigenvalue weighted by Crippen LogP contribution is 2.30. The molecule has 0 amide bonds. The Labute approximate surface area is 201 Å². The minimum atomic E-state index is 0.371. The number of benzene rings is 1. The van der Waals surface area contributed by atoms with Crippen LogP contribution in [-0.4, -0.2) is 48.7 Å². The van der Waals surface area contributed by atoms with Crippen molar-refractivity contribution in [3.05, 3.63) is 66.9 Å². The number of rotatable bonds is 6. The molecule has 1 saturated heterocycles. The number of fused-ring (bicyclic) bond motifs is 2. The highest BCUT2D eigenvalue weighted by atomic mass is 16.5. The molecule has 1 aliphatic heterocycles. The monoisotopic (exact) mass is 467 g/mol. The van der Waals surface area contributed by atoms with E-state index >= 15 is 0 Å². The van der Waals surface area contributed by atoms with Gasteiger partial charge in [-0.05, 0) is 68.3 Å². The number of hydrogen-bond acceptors (Lipinski definition) is 9. The summed E-state index contributed by atoms with van der Waals surface area (Å²) in [6.45, 7) is 4.02. The van der Waals surface area contributed by atoms with Gasteiger partial charge in [-0.25, -0.2) is 24.5 Å². The van der Waals surface area contributed by atoms with Crippen LogP contribution in [-0.2, 0) is 0 Å². The third-order valence-corrected chi connectivity index (χ3v) is 6.05. The van der Waals surface area contributed by atoms with E-state index in [1.165, 1.54) is 6.33 Å². The molecule has 0 aliphatic carbocycles. The molecule has 176 valence electrons. The van der Waals surface area contributed by atoms with Gasteiger partial charge in [0.05, 0.1) is 5.52 Å². The largest absolute Gasteiger partial charge is 0.457 e. The third-order valence-electron chi connectivity index (χ3n) is 6.05. The smallest absolute Gasteiger partial charge is 0.160 e. The summed E-state index contributed by atoms with van der Waals surface area (Å²) in [4.78, 5) is 17.9. The minimum absolute atomic E-state index is 0.371. The van der Waals surface area contributed by atoms with Crippen LogP contribution in [0.25, 0.3) is 16.7 Å². The van der Waals surface area contributed by atoms with E-state index < -0.39 is 0 Å². The quantitative estimate of drug-likeness (QED) is 0.340. The van der Waals surface area contributed by atoms with Crippen LogP contribution in [0, 0.1) is 6.92 Å². The van der Waals surface area contributed by atoms with E-state index in [-0.39, 0.29) is 0 Å². The van der Waals surface area contributed by atoms with E-state index in [0.29, 0.717) is 17.6 Å². The Morgan fingerprint density at radius 1 is 1.06 bits per heavy atom. The van der Waals surface area contributed by atoms with Crippen molar-refractivity contribution in [2.24, 2.45) is 0 Å². The molecule has 5 aromatic rings. The first-order valence-electron chi connectivity index (χ1n) is 11.7. The van der Waals surface area contributed by atoms with Gasteiger partial charge in [0, 0.05) is 30.5 Å². The number of pyridine rings is 2. The molecule has 1 atom stereocenters. The molecule has 1 aliphatic rings. The molecule has 5 heterocycles. The first-order valence-corrected chi connectivity index (χ1v) is 11.7. The van der Waals surface area contributed by atoms with Crippen molar-refractivity contribution >= 4 is 34.0 Å². The second-order valence-electron chi connectivity index (χ2n) is 8.61. The number of aryl methyl sites for hydroxylation is 1. The van der Waals surface area contributed by atoms with Crippen LogP contribution in [0.4, 0.5) is 17.3 Å². The molecular formula is C25H25N9O. The summed E-state index contributed by atoms with van der Waals surface area (Å²) in [5, 5.41) is 14.5. The molecule has 10 nitrogen and oxygen atoms in total. The normalized spacial score (nSPS) is 15.9. The fraction of sp³-hybridized carbons (Fsp3) is 0.240. The van der Waals surface area contributed by atoms with E-state index in [1.807, 2.05) is 55.6 Å². The standard InChI is InChI=1S/C25H25N9O/c1-16-11-17(4-6-21(16)35-19-8-10-34-23(12-19)28-15-30-34)32-25-24-20(27-14-29-25)5-7-22(33-24)31-18-3-2-9-26-13-18/h4-8,10-12,14-15,18,26H,2-3,9,13H2,1H3,(H,31,33)(H,27,29,32). The number of nitrogens with one attached hydrogen (secondary N) is 3. The number of piperidine rings is 1. The fourth-order valence-electron chi connectivity index (χ4n) is 4.26. The van der Waals surface area contributed by atoms with Gasteiger partial charge in [-0.15, -0.1) is 0 Å². The first kappa shape index (κ1) is 21.2. The topological polar surface area (TPSA) is 114 Å². The molecule has 3 N–H and O–H groups in total. The van der Waals surface area contributed by atoms with Crippen molar-refractivity contribution in [1.82, 2.24) is 34.9 Å². The zero-order chi connectivity index (χ0) is 23.6. The first-order chi connectivity index (χ1) is 17.2. The summed E-state index contributed by atoms with van der Waals surface area (Å²) in [7, 11) is 0. The van der Waals surface area contributed by atoms with Crippen LogP contribution in [0.2, 0.25) is 0 Å². The number of aromatic nitrogens is 6. The van der Waals surface area contributed by atoms with Gasteiger partial charge in [-0.2, -0.15) is 5.10 Å². The Morgan fingerprint density at radius 3 is 2.91 bits per heavy atom. The van der Waals surface area contributed by atoms with Crippen LogP contribution in [0.15, 0.2) is 61.3 Å². The second-order valence-corrected chi connectivity index (χ2v) is 8.61. The predicted octanol–water partition coefficient (Wildman–Crippen LogP) is 4.08. The van der Waals surface area contributed by atoms with Gasteiger partial charge < -0.3 is 20.7 Å². The van der Waals surface area contributed by atoms with Crippen molar-refractivity contribution < 1.29 is 4.74 Å². The number of anilines is 3. The highest BCUT2D eigenvalue weighted by Gasteiger charge is 2.14. The molecular weight excluding hydrogens is 442 g/mol. The lowest BCUT2D eigenvalue weighted by atomic mass is 10.1. The summed E-state index contributed by atoms with van der Waals surface area (Å²) >= 11 is 0. The average Bonchev–Trinajstić information content (AvgIpc) is 3.35. The fourth-order valence-corrected chi connectivity index (χ4v) is 4.26. The molecule has 10 heteroatoms. The van der Waals surface area contributed by atoms with E-state index in [0.717, 1.165) is 65.4 Å². The molecule has 1 fully saturated rings. The van der Waals surface area contributed by atoms with E-state index in [1.54, 1.807) is 10.8 Å². The maximum Gasteiger partial charge on any atom is 0.160 e. The van der Waals surface area contributed by atoms with Crippen molar-refractivity contribution in [3.63, 3.8) is 0 Å². The molecule has 1 unspecified atom stereocenters. The van der Waals surface area contributed by atoms with Gasteiger partial charge in [0.1, 0.15) is 35.5 Å². The molecule has 0 spiro atoms. The van der Waals surface area contributed by atoms with E-state index in [2.05, 4.69) is 36.0 Å². The Balaban J connectivity index is 1.22. The lowest BCUT2D eigenvalue weighted by molar-refractivity contribution is 0.478. The van der Waals surface area contributed by atoms with Crippen molar-refractivity contribution in [3.8, 4) is 11.5 Å². The lowest BCUT2D eigenvalue weighted by Gasteiger charge is -2.24. The zero-order valence-electron chi connectivity index (χ0n) is 19.3. The van der Waals surface area contributed by atoms with Gasteiger partial charge in [-0.1, -0.05) is 0 Å². The minimum Gasteiger partial charge on any atom is -0.457 e.